The fourth-order valence-corrected chi connectivity index (χ4v) is 2.14. The Morgan fingerprint density at radius 2 is 1.80 bits per heavy atom. The Morgan fingerprint density at radius 3 is 2.35 bits per heavy atom. The lowest BCUT2D eigenvalue weighted by atomic mass is 9.92. The number of rotatable bonds is 3. The molecule has 1 fully saturated rings. The zero-order valence-corrected chi connectivity index (χ0v) is 11.5. The first kappa shape index (κ1) is 14.9. The van der Waals surface area contributed by atoms with Crippen molar-refractivity contribution in [1.29, 1.82) is 0 Å². The van der Waals surface area contributed by atoms with Gasteiger partial charge in [-0.2, -0.15) is 13.2 Å². The summed E-state index contributed by atoms with van der Waals surface area (Å²) in [6, 6.07) is 2.04. The Bertz CT molecular complexity index is 470. The van der Waals surface area contributed by atoms with Gasteiger partial charge in [-0.1, -0.05) is 0 Å². The molecule has 0 aromatic carbocycles. The van der Waals surface area contributed by atoms with Crippen LogP contribution in [-0.2, 0) is 10.9 Å². The summed E-state index contributed by atoms with van der Waals surface area (Å²) in [7, 11) is 1.54. The smallest absolute Gasteiger partial charge is 0.381 e. The van der Waals surface area contributed by atoms with Crippen LogP contribution in [0, 0.1) is 0 Å². The summed E-state index contributed by atoms with van der Waals surface area (Å²) in [4.78, 5) is 4.14. The van der Waals surface area contributed by atoms with E-state index in [0.29, 0.717) is 13.2 Å². The highest BCUT2D eigenvalue weighted by molar-refractivity contribution is 5.50. The number of hydrogen-bond donors (Lipinski definition) is 2. The van der Waals surface area contributed by atoms with Crippen molar-refractivity contribution >= 4 is 11.6 Å². The minimum Gasteiger partial charge on any atom is -0.381 e. The Balaban J connectivity index is 2.26. The van der Waals surface area contributed by atoms with Gasteiger partial charge < -0.3 is 15.4 Å². The lowest BCUT2D eigenvalue weighted by Crippen LogP contribution is -2.41. The molecular formula is C13H18F3N3O. The van der Waals surface area contributed by atoms with Gasteiger partial charge in [0.15, 0.2) is 0 Å². The van der Waals surface area contributed by atoms with Gasteiger partial charge in [-0.15, -0.1) is 0 Å². The fourth-order valence-electron chi connectivity index (χ4n) is 2.14. The van der Waals surface area contributed by atoms with Gasteiger partial charge in [0.2, 0.25) is 0 Å². The molecule has 7 heteroatoms. The third-order valence-corrected chi connectivity index (χ3v) is 3.44. The van der Waals surface area contributed by atoms with E-state index in [1.165, 1.54) is 0 Å². The second kappa shape index (κ2) is 5.47. The first-order valence-corrected chi connectivity index (χ1v) is 6.45. The Labute approximate surface area is 115 Å². The normalized spacial score (nSPS) is 18.6. The molecule has 20 heavy (non-hydrogen) atoms. The van der Waals surface area contributed by atoms with E-state index in [0.717, 1.165) is 25.0 Å². The Kier molecular flexibility index (Phi) is 4.08. The largest absolute Gasteiger partial charge is 0.416 e. The van der Waals surface area contributed by atoms with Crippen LogP contribution in [0.5, 0.6) is 0 Å². The zero-order chi connectivity index (χ0) is 14.8. The van der Waals surface area contributed by atoms with Crippen LogP contribution in [0.15, 0.2) is 12.1 Å². The number of ether oxygens (including phenoxy) is 1. The topological polar surface area (TPSA) is 46.2 Å². The van der Waals surface area contributed by atoms with Crippen molar-refractivity contribution in [1.82, 2.24) is 4.98 Å². The Hall–Kier alpha value is -1.50. The van der Waals surface area contributed by atoms with Crippen LogP contribution in [0.3, 0.4) is 0 Å². The van der Waals surface area contributed by atoms with Crippen LogP contribution in [-0.4, -0.2) is 30.8 Å². The van der Waals surface area contributed by atoms with Gasteiger partial charge in [-0.25, -0.2) is 4.98 Å². The predicted molar refractivity (Wildman–Crippen MR) is 70.9 cm³/mol. The van der Waals surface area contributed by atoms with Crippen molar-refractivity contribution in [2.45, 2.75) is 31.5 Å². The first-order chi connectivity index (χ1) is 9.32. The van der Waals surface area contributed by atoms with E-state index in [1.807, 2.05) is 6.92 Å². The molecule has 0 aliphatic carbocycles. The van der Waals surface area contributed by atoms with E-state index < -0.39 is 11.7 Å². The van der Waals surface area contributed by atoms with Gasteiger partial charge in [0.25, 0.3) is 0 Å². The maximum absolute atomic E-state index is 12.9. The lowest BCUT2D eigenvalue weighted by molar-refractivity contribution is -0.137. The fraction of sp³-hybridized carbons (Fsp3) is 0.615. The molecule has 1 aromatic heterocycles. The highest BCUT2D eigenvalue weighted by Crippen LogP contribution is 2.33. The number of pyridine rings is 1. The Morgan fingerprint density at radius 1 is 1.20 bits per heavy atom. The van der Waals surface area contributed by atoms with Gasteiger partial charge in [-0.3, -0.25) is 0 Å². The molecule has 0 atom stereocenters. The van der Waals surface area contributed by atoms with E-state index in [2.05, 4.69) is 15.6 Å². The zero-order valence-electron chi connectivity index (χ0n) is 11.5. The third kappa shape index (κ3) is 3.53. The van der Waals surface area contributed by atoms with Crippen LogP contribution < -0.4 is 10.6 Å². The molecule has 0 amide bonds. The SMILES string of the molecule is CNc1cc(C(F)(F)F)cc(NC2(C)CCOCC2)n1. The van der Waals surface area contributed by atoms with Crippen LogP contribution >= 0.6 is 0 Å². The highest BCUT2D eigenvalue weighted by Gasteiger charge is 2.33. The van der Waals surface area contributed by atoms with E-state index in [-0.39, 0.29) is 17.2 Å². The van der Waals surface area contributed by atoms with Crippen LogP contribution in [0.2, 0.25) is 0 Å². The molecule has 0 saturated carbocycles. The second-order valence-corrected chi connectivity index (χ2v) is 5.17. The van der Waals surface area contributed by atoms with Crippen LogP contribution in [0.4, 0.5) is 24.8 Å². The van der Waals surface area contributed by atoms with Gasteiger partial charge in [0.1, 0.15) is 11.6 Å². The number of alkyl halides is 3. The van der Waals surface area contributed by atoms with Gasteiger partial charge in [0, 0.05) is 25.8 Å². The van der Waals surface area contributed by atoms with Gasteiger partial charge in [0.05, 0.1) is 5.56 Å². The number of aromatic nitrogens is 1. The summed E-state index contributed by atoms with van der Waals surface area (Å²) in [6.45, 7) is 3.17. The maximum atomic E-state index is 12.9. The number of nitrogens with zero attached hydrogens (tertiary/aromatic N) is 1. The minimum atomic E-state index is -4.39. The molecule has 0 spiro atoms. The second-order valence-electron chi connectivity index (χ2n) is 5.17. The summed E-state index contributed by atoms with van der Waals surface area (Å²) in [5, 5.41) is 5.77. The quantitative estimate of drug-likeness (QED) is 0.897. The standard InChI is InChI=1S/C13H18F3N3O/c1-12(3-5-20-6-4-12)19-11-8-9(13(14,15)16)7-10(17-2)18-11/h7-8H,3-6H2,1-2H3,(H2,17,18,19). The van der Waals surface area contributed by atoms with Crippen molar-refractivity contribution in [2.24, 2.45) is 0 Å². The van der Waals surface area contributed by atoms with Crippen molar-refractivity contribution in [3.8, 4) is 0 Å². The molecule has 0 unspecified atom stereocenters. The molecule has 0 bridgehead atoms. The molecule has 2 heterocycles. The van der Waals surface area contributed by atoms with Crippen molar-refractivity contribution in [3.63, 3.8) is 0 Å². The summed E-state index contributed by atoms with van der Waals surface area (Å²) < 4.78 is 43.8. The number of halogens is 3. The summed E-state index contributed by atoms with van der Waals surface area (Å²) in [6.07, 6.45) is -2.92. The predicted octanol–water partition coefficient (Wildman–Crippen LogP) is 3.12. The average Bonchev–Trinajstić information content (AvgIpc) is 2.37. The molecule has 1 saturated heterocycles. The highest BCUT2D eigenvalue weighted by atomic mass is 19.4. The van der Waals surface area contributed by atoms with E-state index in [1.54, 1.807) is 7.05 Å². The molecule has 4 nitrogen and oxygen atoms in total. The van der Waals surface area contributed by atoms with Crippen LogP contribution in [0.25, 0.3) is 0 Å². The number of anilines is 2. The van der Waals surface area contributed by atoms with Gasteiger partial charge in [-0.05, 0) is 31.9 Å². The van der Waals surface area contributed by atoms with E-state index in [4.69, 9.17) is 4.74 Å². The number of nitrogens with one attached hydrogen (secondary N) is 2. The van der Waals surface area contributed by atoms with Crippen LogP contribution in [0.1, 0.15) is 25.3 Å². The molecular weight excluding hydrogens is 271 g/mol. The van der Waals surface area contributed by atoms with E-state index >= 15 is 0 Å². The summed E-state index contributed by atoms with van der Waals surface area (Å²) in [5.74, 6) is 0.423. The molecule has 2 rings (SSSR count). The third-order valence-electron chi connectivity index (χ3n) is 3.44. The maximum Gasteiger partial charge on any atom is 0.416 e. The molecule has 1 aliphatic heterocycles. The molecule has 0 radical (unpaired) electrons. The molecule has 112 valence electrons. The van der Waals surface area contributed by atoms with E-state index in [9.17, 15) is 13.2 Å². The summed E-state index contributed by atoms with van der Waals surface area (Å²) >= 11 is 0. The average molecular weight is 289 g/mol. The molecule has 1 aromatic rings. The monoisotopic (exact) mass is 289 g/mol. The van der Waals surface area contributed by atoms with Crippen molar-refractivity contribution in [2.75, 3.05) is 30.9 Å². The number of hydrogen-bond acceptors (Lipinski definition) is 4. The van der Waals surface area contributed by atoms with Crippen molar-refractivity contribution < 1.29 is 17.9 Å². The molecule has 2 N–H and O–H groups in total. The minimum absolute atomic E-state index is 0.193. The molecule has 1 aliphatic rings. The van der Waals surface area contributed by atoms with Gasteiger partial charge >= 0.3 is 6.18 Å². The first-order valence-electron chi connectivity index (χ1n) is 6.45. The lowest BCUT2D eigenvalue weighted by Gasteiger charge is -2.35. The summed E-state index contributed by atoms with van der Waals surface area (Å²) in [5.41, 5.74) is -1.00. The van der Waals surface area contributed by atoms with Crippen molar-refractivity contribution in [3.05, 3.63) is 17.7 Å².